The third-order valence-electron chi connectivity index (χ3n) is 5.68. The molecule has 1 heterocycles. The molecule has 0 unspecified atom stereocenters. The molecule has 6 nitrogen and oxygen atoms in total. The van der Waals surface area contributed by atoms with Gasteiger partial charge in [0.2, 0.25) is 5.91 Å². The molecule has 7 heteroatoms. The number of amides is 2. The molecule has 0 aromatic heterocycles. The summed E-state index contributed by atoms with van der Waals surface area (Å²) in [5.41, 5.74) is 1.37. The van der Waals surface area contributed by atoms with Crippen molar-refractivity contribution in [1.29, 1.82) is 0 Å². The van der Waals surface area contributed by atoms with Gasteiger partial charge in [0.25, 0.3) is 5.91 Å². The monoisotopic (exact) mass is 444 g/mol. The van der Waals surface area contributed by atoms with Gasteiger partial charge in [0, 0.05) is 41.7 Å². The number of nitrogens with one attached hydrogen (secondary N) is 1. The first-order valence-electron chi connectivity index (χ1n) is 10.5. The minimum atomic E-state index is -0.388. The summed E-state index contributed by atoms with van der Waals surface area (Å²) < 4.78 is 11.0. The number of ether oxygens (including phenoxy) is 2. The molecule has 2 amide bonds. The Labute approximate surface area is 188 Å². The molecule has 0 aliphatic carbocycles. The zero-order valence-electron chi connectivity index (χ0n) is 18.2. The predicted molar refractivity (Wildman–Crippen MR) is 121 cm³/mol. The number of methoxy groups -OCH3 is 2. The summed E-state index contributed by atoms with van der Waals surface area (Å²) in [5, 5.41) is 3.53. The maximum atomic E-state index is 13.2. The Morgan fingerprint density at radius 1 is 1.13 bits per heavy atom. The number of hydrogen-bond donors (Lipinski definition) is 1. The zero-order valence-corrected chi connectivity index (χ0v) is 18.9. The lowest BCUT2D eigenvalue weighted by Gasteiger charge is -2.21. The van der Waals surface area contributed by atoms with Crippen molar-refractivity contribution < 1.29 is 19.1 Å². The van der Waals surface area contributed by atoms with Crippen LogP contribution in [0.25, 0.3) is 0 Å². The largest absolute Gasteiger partial charge is 0.497 e. The summed E-state index contributed by atoms with van der Waals surface area (Å²) in [7, 11) is 3.20. The standard InChI is InChI=1S/C24H29ClN2O4/c1-4-5-11-26-23(28)21-15-27(24(29)16-7-6-8-17(25)12-16)14-20(21)19-13-18(30-2)9-10-22(19)31-3/h6-10,12-13,20-21H,4-5,11,14-15H2,1-3H3,(H,26,28)/t20-,21+/m0/s1. The highest BCUT2D eigenvalue weighted by atomic mass is 35.5. The molecular formula is C24H29ClN2O4. The fraction of sp³-hybridized carbons (Fsp3) is 0.417. The van der Waals surface area contributed by atoms with Crippen molar-refractivity contribution in [3.8, 4) is 11.5 Å². The highest BCUT2D eigenvalue weighted by molar-refractivity contribution is 6.30. The number of nitrogens with zero attached hydrogens (tertiary/aromatic N) is 1. The van der Waals surface area contributed by atoms with Gasteiger partial charge in [0.1, 0.15) is 11.5 Å². The third-order valence-corrected chi connectivity index (χ3v) is 5.92. The van der Waals surface area contributed by atoms with Gasteiger partial charge in [-0.3, -0.25) is 9.59 Å². The summed E-state index contributed by atoms with van der Waals surface area (Å²) in [6, 6.07) is 12.4. The Kier molecular flexibility index (Phi) is 7.80. The molecule has 2 aromatic rings. The van der Waals surface area contributed by atoms with Crippen molar-refractivity contribution in [2.24, 2.45) is 5.92 Å². The van der Waals surface area contributed by atoms with Crippen LogP contribution in [0.4, 0.5) is 0 Å². The topological polar surface area (TPSA) is 67.9 Å². The number of halogens is 1. The van der Waals surface area contributed by atoms with Gasteiger partial charge in [0.05, 0.1) is 20.1 Å². The van der Waals surface area contributed by atoms with Gasteiger partial charge in [-0.05, 0) is 42.8 Å². The molecule has 1 N–H and O–H groups in total. The van der Waals surface area contributed by atoms with E-state index < -0.39 is 0 Å². The SMILES string of the molecule is CCCCNC(=O)[C@@H]1CN(C(=O)c2cccc(Cl)c2)C[C@H]1c1cc(OC)ccc1OC. The van der Waals surface area contributed by atoms with E-state index in [1.165, 1.54) is 0 Å². The molecular weight excluding hydrogens is 416 g/mol. The van der Waals surface area contributed by atoms with Crippen molar-refractivity contribution >= 4 is 23.4 Å². The van der Waals surface area contributed by atoms with Gasteiger partial charge in [-0.1, -0.05) is 31.0 Å². The van der Waals surface area contributed by atoms with E-state index in [2.05, 4.69) is 12.2 Å². The van der Waals surface area contributed by atoms with E-state index in [0.717, 1.165) is 18.4 Å². The predicted octanol–water partition coefficient (Wildman–Crippen LogP) is 4.13. The molecule has 3 rings (SSSR count). The van der Waals surface area contributed by atoms with E-state index in [1.807, 2.05) is 18.2 Å². The second kappa shape index (κ2) is 10.5. The molecule has 0 bridgehead atoms. The normalized spacial score (nSPS) is 18.0. The van der Waals surface area contributed by atoms with Gasteiger partial charge in [-0.15, -0.1) is 0 Å². The fourth-order valence-electron chi connectivity index (χ4n) is 4.00. The van der Waals surface area contributed by atoms with E-state index in [-0.39, 0.29) is 23.7 Å². The van der Waals surface area contributed by atoms with Gasteiger partial charge >= 0.3 is 0 Å². The third kappa shape index (κ3) is 5.31. The first kappa shape index (κ1) is 22.9. The first-order valence-corrected chi connectivity index (χ1v) is 10.9. The molecule has 0 saturated carbocycles. The van der Waals surface area contributed by atoms with Crippen LogP contribution in [0.2, 0.25) is 5.02 Å². The lowest BCUT2D eigenvalue weighted by atomic mass is 9.87. The molecule has 1 fully saturated rings. The van der Waals surface area contributed by atoms with Crippen molar-refractivity contribution in [1.82, 2.24) is 10.2 Å². The summed E-state index contributed by atoms with van der Waals surface area (Å²) >= 11 is 6.08. The number of carbonyl (C=O) groups excluding carboxylic acids is 2. The van der Waals surface area contributed by atoms with Crippen LogP contribution >= 0.6 is 11.6 Å². The number of hydrogen-bond acceptors (Lipinski definition) is 4. The Morgan fingerprint density at radius 2 is 1.94 bits per heavy atom. The lowest BCUT2D eigenvalue weighted by molar-refractivity contribution is -0.124. The molecule has 0 spiro atoms. The molecule has 1 aliphatic rings. The average Bonchev–Trinajstić information content (AvgIpc) is 3.23. The first-order chi connectivity index (χ1) is 15.0. The molecule has 2 atom stereocenters. The quantitative estimate of drug-likeness (QED) is 0.621. The van der Waals surface area contributed by atoms with Crippen LogP contribution in [-0.4, -0.2) is 50.6 Å². The maximum Gasteiger partial charge on any atom is 0.253 e. The number of carbonyl (C=O) groups is 2. The summed E-state index contributed by atoms with van der Waals surface area (Å²) in [6.45, 7) is 3.43. The van der Waals surface area contributed by atoms with Gasteiger partial charge < -0.3 is 19.7 Å². The number of benzene rings is 2. The van der Waals surface area contributed by atoms with Crippen molar-refractivity contribution in [2.45, 2.75) is 25.7 Å². The molecule has 1 aliphatic heterocycles. The molecule has 31 heavy (non-hydrogen) atoms. The molecule has 1 saturated heterocycles. The van der Waals surface area contributed by atoms with Gasteiger partial charge in [-0.2, -0.15) is 0 Å². The van der Waals surface area contributed by atoms with E-state index >= 15 is 0 Å². The second-order valence-corrected chi connectivity index (χ2v) is 8.12. The number of rotatable bonds is 8. The minimum absolute atomic E-state index is 0.0512. The highest BCUT2D eigenvalue weighted by Gasteiger charge is 2.41. The van der Waals surface area contributed by atoms with Crippen LogP contribution in [0.15, 0.2) is 42.5 Å². The van der Waals surface area contributed by atoms with E-state index in [9.17, 15) is 9.59 Å². The smallest absolute Gasteiger partial charge is 0.253 e. The van der Waals surface area contributed by atoms with E-state index in [4.69, 9.17) is 21.1 Å². The summed E-state index contributed by atoms with van der Waals surface area (Å²) in [5.74, 6) is 0.563. The Balaban J connectivity index is 1.92. The second-order valence-electron chi connectivity index (χ2n) is 7.69. The van der Waals surface area contributed by atoms with E-state index in [1.54, 1.807) is 43.4 Å². The van der Waals surface area contributed by atoms with Crippen LogP contribution < -0.4 is 14.8 Å². The number of unbranched alkanes of at least 4 members (excludes halogenated alkanes) is 1. The maximum absolute atomic E-state index is 13.2. The van der Waals surface area contributed by atoms with Gasteiger partial charge in [0.15, 0.2) is 0 Å². The highest BCUT2D eigenvalue weighted by Crippen LogP contribution is 2.40. The van der Waals surface area contributed by atoms with Crippen LogP contribution in [-0.2, 0) is 4.79 Å². The van der Waals surface area contributed by atoms with Crippen LogP contribution in [0, 0.1) is 5.92 Å². The summed E-state index contributed by atoms with van der Waals surface area (Å²) in [6.07, 6.45) is 1.91. The number of likely N-dealkylation sites (tertiary alicyclic amines) is 1. The van der Waals surface area contributed by atoms with Crippen molar-refractivity contribution in [3.05, 3.63) is 58.6 Å². The summed E-state index contributed by atoms with van der Waals surface area (Å²) in [4.78, 5) is 28.0. The molecule has 2 aromatic carbocycles. The van der Waals surface area contributed by atoms with Crippen LogP contribution in [0.3, 0.4) is 0 Å². The lowest BCUT2D eigenvalue weighted by Crippen LogP contribution is -2.36. The van der Waals surface area contributed by atoms with E-state index in [0.29, 0.717) is 41.7 Å². The fourth-order valence-corrected chi connectivity index (χ4v) is 4.19. The zero-order chi connectivity index (χ0) is 22.4. The van der Waals surface area contributed by atoms with Crippen molar-refractivity contribution in [2.75, 3.05) is 33.9 Å². The van der Waals surface area contributed by atoms with Gasteiger partial charge in [-0.25, -0.2) is 0 Å². The molecule has 166 valence electrons. The average molecular weight is 445 g/mol. The van der Waals surface area contributed by atoms with Crippen molar-refractivity contribution in [3.63, 3.8) is 0 Å². The Morgan fingerprint density at radius 3 is 2.61 bits per heavy atom. The van der Waals surface area contributed by atoms with Crippen LogP contribution in [0.1, 0.15) is 41.6 Å². The Hall–Kier alpha value is -2.73. The Bertz CT molecular complexity index is 934. The minimum Gasteiger partial charge on any atom is -0.497 e. The molecule has 0 radical (unpaired) electrons. The van der Waals surface area contributed by atoms with Crippen LogP contribution in [0.5, 0.6) is 11.5 Å².